The normalized spacial score (nSPS) is 14.5. The van der Waals surface area contributed by atoms with Gasteiger partial charge in [-0.25, -0.2) is 9.13 Å². The predicted octanol–water partition coefficient (Wildman–Crippen LogP) is 23.9. The zero-order chi connectivity index (χ0) is 76.0. The van der Waals surface area contributed by atoms with Gasteiger partial charge >= 0.3 is 39.5 Å². The Bertz CT molecular complexity index is 2440. The predicted molar refractivity (Wildman–Crippen MR) is 427 cm³/mol. The van der Waals surface area contributed by atoms with Crippen LogP contribution in [-0.2, 0) is 65.4 Å². The molecule has 0 saturated heterocycles. The van der Waals surface area contributed by atoms with E-state index in [2.05, 4.69) is 125 Å². The van der Waals surface area contributed by atoms with E-state index >= 15 is 0 Å². The maximum Gasteiger partial charge on any atom is 0.472 e. The van der Waals surface area contributed by atoms with Gasteiger partial charge in [0.25, 0.3) is 0 Å². The number of hydrogen-bond donors (Lipinski definition) is 3. The van der Waals surface area contributed by atoms with Gasteiger partial charge in [0, 0.05) is 19.3 Å². The fourth-order valence-corrected chi connectivity index (χ4v) is 12.3. The van der Waals surface area contributed by atoms with E-state index in [1.165, 1.54) is 103 Å². The van der Waals surface area contributed by atoms with E-state index in [1.807, 2.05) is 12.2 Å². The summed E-state index contributed by atoms with van der Waals surface area (Å²) in [5.74, 6) is -2.34. The molecule has 0 fully saturated rings. The molecule has 0 saturated carbocycles. The first kappa shape index (κ1) is 99.5. The molecule has 0 bridgehead atoms. The van der Waals surface area contributed by atoms with E-state index in [9.17, 15) is 43.2 Å². The molecule has 0 aliphatic carbocycles. The summed E-state index contributed by atoms with van der Waals surface area (Å²) in [5.41, 5.74) is 0. The second-order valence-corrected chi connectivity index (χ2v) is 29.9. The smallest absolute Gasteiger partial charge is 0.462 e. The number of aliphatic hydroxyl groups excluding tert-OH is 1. The van der Waals surface area contributed by atoms with Gasteiger partial charge in [0.1, 0.15) is 19.3 Å². The van der Waals surface area contributed by atoms with Crippen LogP contribution in [0, 0.1) is 0 Å². The largest absolute Gasteiger partial charge is 0.472 e. The van der Waals surface area contributed by atoms with Crippen LogP contribution in [0.4, 0.5) is 0 Å². The standard InChI is InChI=1S/C85H146O17P2/c1-5-9-13-17-21-25-29-33-37-38-39-40-44-46-50-54-58-62-66-70-83(88)96-76-81(102-85(90)72-68-64-60-56-52-48-43-36-32-28-24-20-16-12-8-4)78-100-104(93,94)98-74-79(86)73-97-103(91,92)99-77-80(101-84(89)71-67-63-59-55-51-47-42-35-31-27-23-19-15-11-7-3)75-95-82(87)69-65-61-57-53-49-45-41-34-30-26-22-18-14-10-6-2/h12,16,21-22,24-26,28,33-34,36-37,39-41,43,52,56,64,68,79-81,86H,5-11,13-15,17-20,23,27,29-32,35,38,42,44-51,53-55,57-63,65-67,69-78H2,1-4H3,(H,91,92)(H,93,94)/b16-12-,25-21-,26-22-,28-24-,37-33-,40-39-,41-34-,43-36-,56-52-,68-64-. The molecule has 3 N–H and O–H groups in total. The zero-order valence-electron chi connectivity index (χ0n) is 65.4. The summed E-state index contributed by atoms with van der Waals surface area (Å²) in [4.78, 5) is 73.0. The molecule has 0 aliphatic rings. The third kappa shape index (κ3) is 75.7. The molecule has 104 heavy (non-hydrogen) atoms. The molecule has 0 rings (SSSR count). The number of esters is 4. The first-order valence-electron chi connectivity index (χ1n) is 40.8. The van der Waals surface area contributed by atoms with Gasteiger partial charge in [0.05, 0.1) is 32.8 Å². The van der Waals surface area contributed by atoms with Gasteiger partial charge in [0.2, 0.25) is 0 Å². The number of aliphatic hydroxyl groups is 1. The number of allylic oxidation sites excluding steroid dienone is 19. The van der Waals surface area contributed by atoms with Crippen LogP contribution >= 0.6 is 15.6 Å². The molecule has 0 aromatic heterocycles. The van der Waals surface area contributed by atoms with Crippen molar-refractivity contribution in [1.29, 1.82) is 0 Å². The highest BCUT2D eigenvalue weighted by Gasteiger charge is 2.30. The lowest BCUT2D eigenvalue weighted by atomic mass is 10.0. The summed E-state index contributed by atoms with van der Waals surface area (Å²) < 4.78 is 68.5. The molecule has 0 aromatic carbocycles. The quantitative estimate of drug-likeness (QED) is 0.0169. The van der Waals surface area contributed by atoms with Crippen molar-refractivity contribution in [3.05, 3.63) is 122 Å². The molecule has 0 spiro atoms. The Morgan fingerprint density at radius 3 is 0.875 bits per heavy atom. The Hall–Kier alpha value is -4.54. The van der Waals surface area contributed by atoms with Crippen LogP contribution in [0.2, 0.25) is 0 Å². The Morgan fingerprint density at radius 2 is 0.538 bits per heavy atom. The number of phosphoric acid groups is 2. The lowest BCUT2D eigenvalue weighted by molar-refractivity contribution is -0.161. The highest BCUT2D eigenvalue weighted by atomic mass is 31.2. The minimum Gasteiger partial charge on any atom is -0.462 e. The van der Waals surface area contributed by atoms with E-state index in [0.29, 0.717) is 25.7 Å². The third-order valence-electron chi connectivity index (χ3n) is 16.9. The van der Waals surface area contributed by atoms with Gasteiger partial charge in [-0.2, -0.15) is 0 Å². The zero-order valence-corrected chi connectivity index (χ0v) is 67.2. The number of unbranched alkanes of at least 4 members (excludes halogenated alkanes) is 31. The molecule has 0 radical (unpaired) electrons. The van der Waals surface area contributed by atoms with Crippen LogP contribution in [0.15, 0.2) is 122 Å². The van der Waals surface area contributed by atoms with E-state index in [-0.39, 0.29) is 25.7 Å². The lowest BCUT2D eigenvalue weighted by Crippen LogP contribution is -2.30. The van der Waals surface area contributed by atoms with Crippen molar-refractivity contribution in [2.45, 2.75) is 354 Å². The second-order valence-electron chi connectivity index (χ2n) is 27.0. The van der Waals surface area contributed by atoms with Crippen LogP contribution < -0.4 is 0 Å². The maximum absolute atomic E-state index is 13.1. The summed E-state index contributed by atoms with van der Waals surface area (Å²) in [6, 6.07) is 0. The van der Waals surface area contributed by atoms with Crippen molar-refractivity contribution in [2.75, 3.05) is 39.6 Å². The molecule has 19 heteroatoms. The Balaban J connectivity index is 5.43. The average molecular weight is 1500 g/mol. The lowest BCUT2D eigenvalue weighted by Gasteiger charge is -2.21. The minimum atomic E-state index is -5.01. The van der Waals surface area contributed by atoms with E-state index < -0.39 is 97.5 Å². The number of ether oxygens (including phenoxy) is 4. The molecular weight excluding hydrogens is 1350 g/mol. The Kier molecular flexibility index (Phi) is 73.3. The van der Waals surface area contributed by atoms with Crippen molar-refractivity contribution >= 4 is 39.5 Å². The average Bonchev–Trinajstić information content (AvgIpc) is 0.999. The molecular formula is C85H146O17P2. The molecule has 5 unspecified atom stereocenters. The first-order chi connectivity index (χ1) is 50.7. The van der Waals surface area contributed by atoms with Gasteiger partial charge in [-0.1, -0.05) is 310 Å². The number of phosphoric ester groups is 2. The second kappa shape index (κ2) is 76.6. The van der Waals surface area contributed by atoms with Gasteiger partial charge in [0.15, 0.2) is 12.2 Å². The van der Waals surface area contributed by atoms with Crippen LogP contribution in [0.25, 0.3) is 0 Å². The summed E-state index contributed by atoms with van der Waals surface area (Å²) in [7, 11) is -9.99. The number of hydrogen-bond acceptors (Lipinski definition) is 15. The monoisotopic (exact) mass is 1500 g/mol. The van der Waals surface area contributed by atoms with Crippen LogP contribution in [-0.4, -0.2) is 96.7 Å². The Labute approximate surface area is 632 Å². The minimum absolute atomic E-state index is 0.0915. The third-order valence-corrected chi connectivity index (χ3v) is 18.8. The summed E-state index contributed by atoms with van der Waals surface area (Å²) in [6.07, 6.45) is 84.9. The van der Waals surface area contributed by atoms with Gasteiger partial charge in [-0.3, -0.25) is 37.3 Å². The summed E-state index contributed by atoms with van der Waals surface area (Å²) in [5, 5.41) is 10.6. The van der Waals surface area contributed by atoms with Gasteiger partial charge in [-0.05, 0) is 122 Å². The topological polar surface area (TPSA) is 237 Å². The SMILES string of the molecule is CC/C=C\C/C=C\C/C=C\C/C=C\C/C=C\CC(=O)OC(COC(=O)CCCCCCCC/C=C\C/C=C\C/C=C\CCCCC)COP(=O)(O)OCC(O)COP(=O)(O)OCC(COC(=O)CCCCCCC/C=C\C/C=C\CCCCC)OC(=O)CCCCCCCCCCCCCCCCC. The molecule has 0 aliphatic heterocycles. The number of carbonyl (C=O) groups excluding carboxylic acids is 4. The molecule has 5 atom stereocenters. The van der Waals surface area contributed by atoms with E-state index in [1.54, 1.807) is 12.2 Å². The van der Waals surface area contributed by atoms with Crippen LogP contribution in [0.3, 0.4) is 0 Å². The fourth-order valence-electron chi connectivity index (χ4n) is 10.7. The molecule has 0 aromatic rings. The fraction of sp³-hybridized carbons (Fsp3) is 0.718. The highest BCUT2D eigenvalue weighted by Crippen LogP contribution is 2.45. The van der Waals surface area contributed by atoms with Crippen LogP contribution in [0.5, 0.6) is 0 Å². The van der Waals surface area contributed by atoms with Crippen LogP contribution in [0.1, 0.15) is 336 Å². The molecule has 0 amide bonds. The van der Waals surface area contributed by atoms with Gasteiger partial charge < -0.3 is 33.8 Å². The highest BCUT2D eigenvalue weighted by molar-refractivity contribution is 7.47. The van der Waals surface area contributed by atoms with Crippen molar-refractivity contribution in [1.82, 2.24) is 0 Å². The van der Waals surface area contributed by atoms with Crippen molar-refractivity contribution in [3.8, 4) is 0 Å². The van der Waals surface area contributed by atoms with E-state index in [0.717, 1.165) is 154 Å². The van der Waals surface area contributed by atoms with Crippen molar-refractivity contribution < 1.29 is 80.2 Å². The van der Waals surface area contributed by atoms with Gasteiger partial charge in [-0.15, -0.1) is 0 Å². The maximum atomic E-state index is 13.1. The van der Waals surface area contributed by atoms with E-state index in [4.69, 9.17) is 37.0 Å². The number of carbonyl (C=O) groups is 4. The first-order valence-corrected chi connectivity index (χ1v) is 43.8. The molecule has 17 nitrogen and oxygen atoms in total. The summed E-state index contributed by atoms with van der Waals surface area (Å²) in [6.45, 7) is 4.60. The summed E-state index contributed by atoms with van der Waals surface area (Å²) >= 11 is 0. The Morgan fingerprint density at radius 1 is 0.288 bits per heavy atom. The molecule has 0 heterocycles. The van der Waals surface area contributed by atoms with Crippen molar-refractivity contribution in [3.63, 3.8) is 0 Å². The molecule has 598 valence electrons. The van der Waals surface area contributed by atoms with Crippen molar-refractivity contribution in [2.24, 2.45) is 0 Å². The number of rotatable bonds is 76.